The van der Waals surface area contributed by atoms with Gasteiger partial charge in [-0.05, 0) is 61.2 Å². The number of amides is 2. The van der Waals surface area contributed by atoms with Crippen molar-refractivity contribution in [1.82, 2.24) is 10.3 Å². The summed E-state index contributed by atoms with van der Waals surface area (Å²) in [7, 11) is 0. The zero-order chi connectivity index (χ0) is 17.5. The van der Waals surface area contributed by atoms with Gasteiger partial charge in [0, 0.05) is 43.4 Å². The maximum absolute atomic E-state index is 12.0. The molecule has 0 atom stereocenters. The number of carbonyl (C=O) groups is 2. The summed E-state index contributed by atoms with van der Waals surface area (Å²) in [6.45, 7) is 2.44. The first-order valence-electron chi connectivity index (χ1n) is 8.55. The van der Waals surface area contributed by atoms with Gasteiger partial charge in [-0.1, -0.05) is 0 Å². The maximum Gasteiger partial charge on any atom is 0.313 e. The van der Waals surface area contributed by atoms with Crippen LogP contribution in [0.3, 0.4) is 0 Å². The normalized spacial score (nSPS) is 14.0. The highest BCUT2D eigenvalue weighted by Crippen LogP contribution is 2.21. The predicted octanol–water partition coefficient (Wildman–Crippen LogP) is 2.33. The van der Waals surface area contributed by atoms with Gasteiger partial charge in [-0.15, -0.1) is 0 Å². The molecule has 2 heterocycles. The molecule has 0 radical (unpaired) electrons. The minimum Gasteiger partial charge on any atom is -0.372 e. The van der Waals surface area contributed by atoms with Gasteiger partial charge in [-0.25, -0.2) is 0 Å². The van der Waals surface area contributed by atoms with Gasteiger partial charge in [0.05, 0.1) is 0 Å². The summed E-state index contributed by atoms with van der Waals surface area (Å²) < 4.78 is 0. The summed E-state index contributed by atoms with van der Waals surface area (Å²) in [5.41, 5.74) is 2.66. The largest absolute Gasteiger partial charge is 0.372 e. The second-order valence-electron chi connectivity index (χ2n) is 6.09. The van der Waals surface area contributed by atoms with E-state index in [1.807, 2.05) is 24.3 Å². The fraction of sp³-hybridized carbons (Fsp3) is 0.316. The summed E-state index contributed by atoms with van der Waals surface area (Å²) in [6.07, 6.45) is 7.02. The molecule has 6 heteroatoms. The SMILES string of the molecule is O=C(NCc1ccncc1)C(=O)Nc1ccc(N2CCCCC2)cc1. The average Bonchev–Trinajstić information content (AvgIpc) is 2.68. The van der Waals surface area contributed by atoms with Gasteiger partial charge in [-0.3, -0.25) is 14.6 Å². The number of pyridine rings is 1. The molecule has 25 heavy (non-hydrogen) atoms. The van der Waals surface area contributed by atoms with Crippen molar-refractivity contribution in [2.75, 3.05) is 23.3 Å². The molecule has 0 spiro atoms. The number of nitrogens with zero attached hydrogens (tertiary/aromatic N) is 2. The van der Waals surface area contributed by atoms with E-state index >= 15 is 0 Å². The van der Waals surface area contributed by atoms with E-state index in [1.165, 1.54) is 19.3 Å². The van der Waals surface area contributed by atoms with Gasteiger partial charge < -0.3 is 15.5 Å². The standard InChI is InChI=1S/C19H22N4O2/c24-18(21-14-15-8-10-20-11-9-15)19(25)22-16-4-6-17(7-5-16)23-12-2-1-3-13-23/h4-11H,1-3,12-14H2,(H,21,24)(H,22,25). The number of rotatable bonds is 4. The Labute approximate surface area is 147 Å². The summed E-state index contributed by atoms with van der Waals surface area (Å²) in [4.78, 5) is 30.1. The van der Waals surface area contributed by atoms with Crippen LogP contribution in [-0.4, -0.2) is 29.9 Å². The number of aromatic nitrogens is 1. The summed E-state index contributed by atoms with van der Waals surface area (Å²) >= 11 is 0. The molecule has 2 amide bonds. The van der Waals surface area contributed by atoms with Crippen LogP contribution in [0.25, 0.3) is 0 Å². The van der Waals surface area contributed by atoms with Gasteiger partial charge in [0.1, 0.15) is 0 Å². The van der Waals surface area contributed by atoms with E-state index in [1.54, 1.807) is 24.5 Å². The third kappa shape index (κ3) is 4.79. The monoisotopic (exact) mass is 338 g/mol. The third-order valence-electron chi connectivity index (χ3n) is 4.26. The van der Waals surface area contributed by atoms with Crippen molar-refractivity contribution in [3.8, 4) is 0 Å². The molecule has 2 N–H and O–H groups in total. The number of nitrogens with one attached hydrogen (secondary N) is 2. The van der Waals surface area contributed by atoms with Crippen LogP contribution in [0.2, 0.25) is 0 Å². The lowest BCUT2D eigenvalue weighted by Gasteiger charge is -2.28. The molecule has 1 fully saturated rings. The number of hydrogen-bond donors (Lipinski definition) is 2. The van der Waals surface area contributed by atoms with Gasteiger partial charge in [0.25, 0.3) is 0 Å². The minimum atomic E-state index is -0.667. The number of carbonyl (C=O) groups excluding carboxylic acids is 2. The molecule has 1 aromatic heterocycles. The molecule has 0 aliphatic carbocycles. The fourth-order valence-corrected chi connectivity index (χ4v) is 2.86. The lowest BCUT2D eigenvalue weighted by atomic mass is 10.1. The smallest absolute Gasteiger partial charge is 0.313 e. The van der Waals surface area contributed by atoms with Gasteiger partial charge in [0.2, 0.25) is 0 Å². The number of piperidine rings is 1. The van der Waals surface area contributed by atoms with Crippen LogP contribution >= 0.6 is 0 Å². The summed E-state index contributed by atoms with van der Waals surface area (Å²) in [5.74, 6) is -1.32. The Morgan fingerprint density at radius 3 is 2.28 bits per heavy atom. The second kappa shape index (κ2) is 8.28. The summed E-state index contributed by atoms with van der Waals surface area (Å²) in [6, 6.07) is 11.2. The Morgan fingerprint density at radius 1 is 0.920 bits per heavy atom. The molecule has 0 saturated carbocycles. The zero-order valence-corrected chi connectivity index (χ0v) is 14.1. The van der Waals surface area contributed by atoms with Crippen LogP contribution in [-0.2, 0) is 16.1 Å². The van der Waals surface area contributed by atoms with Crippen molar-refractivity contribution in [3.63, 3.8) is 0 Å². The van der Waals surface area contributed by atoms with Crippen LogP contribution < -0.4 is 15.5 Å². The van der Waals surface area contributed by atoms with Crippen molar-refractivity contribution in [3.05, 3.63) is 54.4 Å². The van der Waals surface area contributed by atoms with Crippen LogP contribution in [0.1, 0.15) is 24.8 Å². The van der Waals surface area contributed by atoms with Crippen LogP contribution in [0.4, 0.5) is 11.4 Å². The van der Waals surface area contributed by atoms with Crippen molar-refractivity contribution < 1.29 is 9.59 Å². The van der Waals surface area contributed by atoms with E-state index in [2.05, 4.69) is 20.5 Å². The lowest BCUT2D eigenvalue weighted by molar-refractivity contribution is -0.136. The van der Waals surface area contributed by atoms with Crippen LogP contribution in [0.15, 0.2) is 48.8 Å². The predicted molar refractivity (Wildman–Crippen MR) is 97.2 cm³/mol. The maximum atomic E-state index is 12.0. The molecule has 0 bridgehead atoms. The van der Waals surface area contributed by atoms with E-state index in [-0.39, 0.29) is 0 Å². The number of benzene rings is 1. The molecule has 1 saturated heterocycles. The molecule has 3 rings (SSSR count). The zero-order valence-electron chi connectivity index (χ0n) is 14.1. The van der Waals surface area contributed by atoms with Crippen molar-refractivity contribution in [2.45, 2.75) is 25.8 Å². The third-order valence-corrected chi connectivity index (χ3v) is 4.26. The number of hydrogen-bond acceptors (Lipinski definition) is 4. The Balaban J connectivity index is 1.50. The lowest BCUT2D eigenvalue weighted by Crippen LogP contribution is -2.35. The van der Waals surface area contributed by atoms with Crippen molar-refractivity contribution in [2.24, 2.45) is 0 Å². The van der Waals surface area contributed by atoms with Crippen LogP contribution in [0, 0.1) is 0 Å². The first kappa shape index (κ1) is 17.0. The molecule has 0 unspecified atom stereocenters. The molecule has 6 nitrogen and oxygen atoms in total. The van der Waals surface area contributed by atoms with Gasteiger partial charge in [0.15, 0.2) is 0 Å². The Bertz CT molecular complexity index is 710. The Hall–Kier alpha value is -2.89. The first-order valence-corrected chi connectivity index (χ1v) is 8.55. The number of anilines is 2. The van der Waals surface area contributed by atoms with E-state index in [4.69, 9.17) is 0 Å². The average molecular weight is 338 g/mol. The fourth-order valence-electron chi connectivity index (χ4n) is 2.86. The molecule has 2 aromatic rings. The second-order valence-corrected chi connectivity index (χ2v) is 6.09. The molecule has 1 aliphatic heterocycles. The highest BCUT2D eigenvalue weighted by atomic mass is 16.2. The highest BCUT2D eigenvalue weighted by Gasteiger charge is 2.14. The van der Waals surface area contributed by atoms with Crippen molar-refractivity contribution in [1.29, 1.82) is 0 Å². The van der Waals surface area contributed by atoms with E-state index in [0.29, 0.717) is 12.2 Å². The minimum absolute atomic E-state index is 0.294. The molecular weight excluding hydrogens is 316 g/mol. The molecule has 130 valence electrons. The van der Waals surface area contributed by atoms with E-state index in [0.717, 1.165) is 24.3 Å². The van der Waals surface area contributed by atoms with Gasteiger partial charge in [-0.2, -0.15) is 0 Å². The van der Waals surface area contributed by atoms with Crippen LogP contribution in [0.5, 0.6) is 0 Å². The van der Waals surface area contributed by atoms with Gasteiger partial charge >= 0.3 is 11.8 Å². The first-order chi connectivity index (χ1) is 12.2. The van der Waals surface area contributed by atoms with Crippen molar-refractivity contribution >= 4 is 23.2 Å². The Morgan fingerprint density at radius 2 is 1.60 bits per heavy atom. The quantitative estimate of drug-likeness (QED) is 0.839. The molecule has 1 aliphatic rings. The highest BCUT2D eigenvalue weighted by molar-refractivity contribution is 6.39. The van der Waals surface area contributed by atoms with E-state index in [9.17, 15) is 9.59 Å². The molecule has 1 aromatic carbocycles. The molecular formula is C19H22N4O2. The van der Waals surface area contributed by atoms with E-state index < -0.39 is 11.8 Å². The summed E-state index contributed by atoms with van der Waals surface area (Å²) in [5, 5.41) is 5.22. The topological polar surface area (TPSA) is 74.3 Å². The Kier molecular flexibility index (Phi) is 5.61.